The number of amides is 2. The number of thioether (sulfide) groups is 1. The molecule has 120 valence electrons. The molecule has 8 heteroatoms. The summed E-state index contributed by atoms with van der Waals surface area (Å²) in [6.07, 6.45) is 0. The van der Waals surface area contributed by atoms with Gasteiger partial charge in [0, 0.05) is 18.7 Å². The molecule has 3 rings (SSSR count). The molecular weight excluding hydrogens is 380 g/mol. The van der Waals surface area contributed by atoms with E-state index in [2.05, 4.69) is 32.6 Å². The van der Waals surface area contributed by atoms with Crippen LogP contribution in [0.1, 0.15) is 11.1 Å². The van der Waals surface area contributed by atoms with Gasteiger partial charge in [-0.3, -0.25) is 0 Å². The molecule has 1 atom stereocenters. The van der Waals surface area contributed by atoms with Gasteiger partial charge in [0.25, 0.3) is 0 Å². The van der Waals surface area contributed by atoms with Crippen molar-refractivity contribution < 1.29 is 9.53 Å². The highest BCUT2D eigenvalue weighted by Crippen LogP contribution is 2.38. The number of urea groups is 1. The first-order valence-electron chi connectivity index (χ1n) is 7.14. The molecule has 1 fully saturated rings. The lowest BCUT2D eigenvalue weighted by atomic mass is 10.1. The predicted octanol–water partition coefficient (Wildman–Crippen LogP) is 2.24. The molecule has 0 radical (unpaired) electrons. The van der Waals surface area contributed by atoms with Gasteiger partial charge in [-0.2, -0.15) is 5.26 Å². The number of nitrogens with one attached hydrogen (secondary N) is 2. The molecule has 0 bridgehead atoms. The van der Waals surface area contributed by atoms with E-state index in [-0.39, 0.29) is 11.5 Å². The number of hydrogen-bond acceptors (Lipinski definition) is 5. The summed E-state index contributed by atoms with van der Waals surface area (Å²) in [7, 11) is 0. The molecule has 0 aromatic heterocycles. The minimum Gasteiger partial charge on any atom is -0.378 e. The first kappa shape index (κ1) is 16.2. The topological polar surface area (TPSA) is 77.4 Å². The fraction of sp³-hybridized carbons (Fsp3) is 0.333. The van der Waals surface area contributed by atoms with Crippen LogP contribution in [0.4, 0.5) is 4.79 Å². The van der Waals surface area contributed by atoms with E-state index in [0.717, 1.165) is 15.1 Å². The maximum absolute atomic E-state index is 12.2. The lowest BCUT2D eigenvalue weighted by molar-refractivity contribution is 0.0530. The van der Waals surface area contributed by atoms with Gasteiger partial charge >= 0.3 is 6.03 Å². The lowest BCUT2D eigenvalue weighted by Crippen LogP contribution is -2.50. The number of carbonyl (C=O) groups is 1. The molecule has 2 amide bonds. The molecule has 6 nitrogen and oxygen atoms in total. The van der Waals surface area contributed by atoms with Gasteiger partial charge in [-0.25, -0.2) is 4.79 Å². The van der Waals surface area contributed by atoms with Crippen LogP contribution in [-0.2, 0) is 4.74 Å². The molecule has 1 aromatic rings. The Kier molecular flexibility index (Phi) is 5.10. The second-order valence-corrected chi connectivity index (χ2v) is 7.47. The fourth-order valence-electron chi connectivity index (χ4n) is 2.36. The number of halogens is 1. The van der Waals surface area contributed by atoms with Gasteiger partial charge in [0.15, 0.2) is 5.50 Å². The Hall–Kier alpha value is -1.69. The van der Waals surface area contributed by atoms with Gasteiger partial charge in [0.2, 0.25) is 0 Å². The number of rotatable bonds is 2. The first-order valence-corrected chi connectivity index (χ1v) is 8.81. The Morgan fingerprint density at radius 2 is 2.26 bits per heavy atom. The normalized spacial score (nSPS) is 20.9. The van der Waals surface area contributed by atoms with Crippen molar-refractivity contribution in [2.24, 2.45) is 0 Å². The van der Waals surface area contributed by atoms with E-state index in [0.29, 0.717) is 31.9 Å². The maximum Gasteiger partial charge on any atom is 0.319 e. The number of carbonyl (C=O) groups excluding carboxylic acids is 1. The zero-order chi connectivity index (χ0) is 16.2. The van der Waals surface area contributed by atoms with Crippen molar-refractivity contribution in [2.45, 2.75) is 5.50 Å². The van der Waals surface area contributed by atoms with E-state index < -0.39 is 0 Å². The number of nitriles is 1. The Morgan fingerprint density at radius 3 is 3.00 bits per heavy atom. The Balaban J connectivity index is 1.64. The van der Waals surface area contributed by atoms with Gasteiger partial charge in [-0.15, -0.1) is 0 Å². The Morgan fingerprint density at radius 1 is 1.48 bits per heavy atom. The second kappa shape index (κ2) is 7.25. The highest BCUT2D eigenvalue weighted by molar-refractivity contribution is 9.14. The van der Waals surface area contributed by atoms with Crippen LogP contribution in [-0.4, -0.2) is 42.7 Å². The highest BCUT2D eigenvalue weighted by atomic mass is 79.9. The first-order chi connectivity index (χ1) is 11.2. The Labute approximate surface area is 147 Å². The minimum absolute atomic E-state index is 0.106. The molecule has 0 aliphatic carbocycles. The van der Waals surface area contributed by atoms with Crippen molar-refractivity contribution in [1.82, 2.24) is 15.5 Å². The Bertz CT molecular complexity index is 682. The highest BCUT2D eigenvalue weighted by Gasteiger charge is 2.27. The largest absolute Gasteiger partial charge is 0.378 e. The van der Waals surface area contributed by atoms with Crippen LogP contribution in [0.15, 0.2) is 28.1 Å². The van der Waals surface area contributed by atoms with Crippen molar-refractivity contribution in [3.63, 3.8) is 0 Å². The van der Waals surface area contributed by atoms with E-state index in [1.165, 1.54) is 11.8 Å². The molecule has 1 saturated heterocycles. The fourth-order valence-corrected chi connectivity index (χ4v) is 4.10. The van der Waals surface area contributed by atoms with Crippen molar-refractivity contribution in [3.8, 4) is 6.07 Å². The number of hydrogen-bond donors (Lipinski definition) is 2. The average Bonchev–Trinajstić information content (AvgIpc) is 2.96. The third kappa shape index (κ3) is 3.80. The number of benzene rings is 1. The molecule has 2 N–H and O–H groups in total. The van der Waals surface area contributed by atoms with Crippen LogP contribution in [0, 0.1) is 11.3 Å². The summed E-state index contributed by atoms with van der Waals surface area (Å²) in [5.41, 5.74) is 2.13. The smallest absolute Gasteiger partial charge is 0.319 e. The average molecular weight is 395 g/mol. The van der Waals surface area contributed by atoms with Gasteiger partial charge < -0.3 is 20.3 Å². The molecular formula is C15H15BrN4O2S. The SMILES string of the molecule is N#Cc1cccc(C2=C(Br)SC(NC(=O)N3CCOCC3)N2)c1. The molecule has 0 saturated carbocycles. The van der Waals surface area contributed by atoms with E-state index >= 15 is 0 Å². The van der Waals surface area contributed by atoms with Crippen LogP contribution in [0.25, 0.3) is 5.70 Å². The molecule has 2 aliphatic heterocycles. The summed E-state index contributed by atoms with van der Waals surface area (Å²) >= 11 is 5.01. The van der Waals surface area contributed by atoms with Gasteiger partial charge in [-0.1, -0.05) is 23.9 Å². The summed E-state index contributed by atoms with van der Waals surface area (Å²) in [4.78, 5) is 14.0. The van der Waals surface area contributed by atoms with Crippen LogP contribution in [0.5, 0.6) is 0 Å². The van der Waals surface area contributed by atoms with E-state index in [4.69, 9.17) is 10.00 Å². The predicted molar refractivity (Wildman–Crippen MR) is 92.4 cm³/mol. The number of ether oxygens (including phenoxy) is 1. The standard InChI is InChI=1S/C15H15BrN4O2S/c16-13-12(11-3-1-2-10(8-11)9-17)18-14(23-13)19-15(21)20-4-6-22-7-5-20/h1-3,8,14,18H,4-7H2,(H,19,21). The van der Waals surface area contributed by atoms with Gasteiger partial charge in [0.05, 0.1) is 34.4 Å². The van der Waals surface area contributed by atoms with E-state index in [9.17, 15) is 4.79 Å². The van der Waals surface area contributed by atoms with E-state index in [1.807, 2.05) is 18.2 Å². The summed E-state index contributed by atoms with van der Waals surface area (Å²) in [6, 6.07) is 9.37. The van der Waals surface area contributed by atoms with Crippen molar-refractivity contribution >= 4 is 39.4 Å². The van der Waals surface area contributed by atoms with Crippen molar-refractivity contribution in [3.05, 3.63) is 39.2 Å². The monoisotopic (exact) mass is 394 g/mol. The molecule has 1 unspecified atom stereocenters. The zero-order valence-corrected chi connectivity index (χ0v) is 14.6. The van der Waals surface area contributed by atoms with Gasteiger partial charge in [-0.05, 0) is 28.1 Å². The molecule has 23 heavy (non-hydrogen) atoms. The van der Waals surface area contributed by atoms with Crippen LogP contribution >= 0.6 is 27.7 Å². The van der Waals surface area contributed by atoms with Gasteiger partial charge in [0.1, 0.15) is 0 Å². The maximum atomic E-state index is 12.2. The summed E-state index contributed by atoms with van der Waals surface area (Å²) in [5.74, 6) is 0. The van der Waals surface area contributed by atoms with Crippen molar-refractivity contribution in [1.29, 1.82) is 5.26 Å². The number of morpholine rings is 1. The zero-order valence-electron chi connectivity index (χ0n) is 12.2. The molecule has 1 aromatic carbocycles. The molecule has 2 heterocycles. The van der Waals surface area contributed by atoms with E-state index in [1.54, 1.807) is 11.0 Å². The summed E-state index contributed by atoms with van der Waals surface area (Å²) in [6.45, 7) is 2.36. The molecule has 0 spiro atoms. The molecule has 2 aliphatic rings. The quantitative estimate of drug-likeness (QED) is 0.803. The third-order valence-electron chi connectivity index (χ3n) is 3.53. The summed E-state index contributed by atoms with van der Waals surface area (Å²) < 4.78 is 6.15. The number of nitrogens with zero attached hydrogens (tertiary/aromatic N) is 2. The summed E-state index contributed by atoms with van der Waals surface area (Å²) in [5, 5.41) is 15.2. The van der Waals surface area contributed by atoms with Crippen LogP contribution in [0.2, 0.25) is 0 Å². The lowest BCUT2D eigenvalue weighted by Gasteiger charge is -2.28. The second-order valence-electron chi connectivity index (χ2n) is 5.03. The third-order valence-corrected chi connectivity index (χ3v) is 5.37. The van der Waals surface area contributed by atoms with Crippen molar-refractivity contribution in [2.75, 3.05) is 26.3 Å². The van der Waals surface area contributed by atoms with Crippen LogP contribution in [0.3, 0.4) is 0 Å². The minimum atomic E-state index is -0.250. The van der Waals surface area contributed by atoms with Crippen LogP contribution < -0.4 is 10.6 Å².